The lowest BCUT2D eigenvalue weighted by molar-refractivity contribution is 0.462. The van der Waals surface area contributed by atoms with Crippen LogP contribution in [-0.4, -0.2) is 18.1 Å². The number of aromatic nitrogens is 1. The SMILES string of the molecule is Fc1ccc2c(C3CCNCC3)c[nH]c2c1. The van der Waals surface area contributed by atoms with E-state index in [0.29, 0.717) is 5.92 Å². The molecule has 2 N–H and O–H groups in total. The first-order valence-corrected chi connectivity index (χ1v) is 5.82. The molecule has 84 valence electrons. The van der Waals surface area contributed by atoms with Gasteiger partial charge in [-0.25, -0.2) is 4.39 Å². The summed E-state index contributed by atoms with van der Waals surface area (Å²) in [6.07, 6.45) is 4.38. The number of rotatable bonds is 1. The highest BCUT2D eigenvalue weighted by Gasteiger charge is 2.18. The second-order valence-corrected chi connectivity index (χ2v) is 4.46. The molecule has 1 aliphatic rings. The maximum absolute atomic E-state index is 13.1. The quantitative estimate of drug-likeness (QED) is 0.756. The average Bonchev–Trinajstić information content (AvgIpc) is 2.73. The monoisotopic (exact) mass is 218 g/mol. The zero-order valence-electron chi connectivity index (χ0n) is 9.09. The summed E-state index contributed by atoms with van der Waals surface area (Å²) in [6, 6.07) is 5.00. The Morgan fingerprint density at radius 2 is 2.00 bits per heavy atom. The molecule has 0 bridgehead atoms. The zero-order valence-corrected chi connectivity index (χ0v) is 9.09. The zero-order chi connectivity index (χ0) is 11.0. The molecule has 1 fully saturated rings. The number of hydrogen-bond acceptors (Lipinski definition) is 1. The van der Waals surface area contributed by atoms with Gasteiger partial charge in [-0.15, -0.1) is 0 Å². The Bertz CT molecular complexity index is 498. The molecular formula is C13H15FN2. The van der Waals surface area contributed by atoms with E-state index in [9.17, 15) is 4.39 Å². The van der Waals surface area contributed by atoms with Gasteiger partial charge in [0.25, 0.3) is 0 Å². The molecule has 0 radical (unpaired) electrons. The van der Waals surface area contributed by atoms with E-state index < -0.39 is 0 Å². The topological polar surface area (TPSA) is 27.8 Å². The highest BCUT2D eigenvalue weighted by molar-refractivity contribution is 5.83. The molecule has 2 nitrogen and oxygen atoms in total. The van der Waals surface area contributed by atoms with Gasteiger partial charge in [-0.2, -0.15) is 0 Å². The highest BCUT2D eigenvalue weighted by atomic mass is 19.1. The number of aromatic amines is 1. The molecule has 1 aromatic carbocycles. The Morgan fingerprint density at radius 3 is 2.81 bits per heavy atom. The first-order chi connectivity index (χ1) is 7.84. The van der Waals surface area contributed by atoms with E-state index in [1.165, 1.54) is 23.8 Å². The predicted octanol–water partition coefficient (Wildman–Crippen LogP) is 2.77. The molecule has 1 aliphatic heterocycles. The minimum atomic E-state index is -0.175. The van der Waals surface area contributed by atoms with E-state index in [-0.39, 0.29) is 5.82 Å². The lowest BCUT2D eigenvalue weighted by atomic mass is 9.90. The maximum Gasteiger partial charge on any atom is 0.125 e. The summed E-state index contributed by atoms with van der Waals surface area (Å²) in [7, 11) is 0. The third-order valence-corrected chi connectivity index (χ3v) is 3.45. The van der Waals surface area contributed by atoms with Crippen molar-refractivity contribution in [3.05, 3.63) is 35.8 Å². The Morgan fingerprint density at radius 1 is 1.19 bits per heavy atom. The summed E-state index contributed by atoms with van der Waals surface area (Å²) >= 11 is 0. The lowest BCUT2D eigenvalue weighted by Crippen LogP contribution is -2.26. The summed E-state index contributed by atoms with van der Waals surface area (Å²) in [5.41, 5.74) is 2.25. The number of piperidine rings is 1. The van der Waals surface area contributed by atoms with Crippen LogP contribution in [0, 0.1) is 5.82 Å². The fourth-order valence-electron chi connectivity index (χ4n) is 2.59. The van der Waals surface area contributed by atoms with Crippen LogP contribution in [0.2, 0.25) is 0 Å². The van der Waals surface area contributed by atoms with Gasteiger partial charge in [0.1, 0.15) is 5.82 Å². The molecular weight excluding hydrogens is 203 g/mol. The molecule has 16 heavy (non-hydrogen) atoms. The minimum Gasteiger partial charge on any atom is -0.361 e. The lowest BCUT2D eigenvalue weighted by Gasteiger charge is -2.22. The number of hydrogen-bond donors (Lipinski definition) is 2. The molecule has 0 amide bonds. The summed E-state index contributed by atoms with van der Waals surface area (Å²) in [6.45, 7) is 2.16. The van der Waals surface area contributed by atoms with Crippen molar-refractivity contribution in [2.45, 2.75) is 18.8 Å². The van der Waals surface area contributed by atoms with Crippen molar-refractivity contribution in [3.63, 3.8) is 0 Å². The Labute approximate surface area is 93.9 Å². The number of fused-ring (bicyclic) bond motifs is 1. The van der Waals surface area contributed by atoms with Gasteiger partial charge in [0.2, 0.25) is 0 Å². The molecule has 0 saturated carbocycles. The van der Waals surface area contributed by atoms with Crippen molar-refractivity contribution in [2.75, 3.05) is 13.1 Å². The van der Waals surface area contributed by atoms with Gasteiger partial charge in [-0.05, 0) is 55.6 Å². The Hall–Kier alpha value is -1.35. The highest BCUT2D eigenvalue weighted by Crippen LogP contribution is 2.31. The van der Waals surface area contributed by atoms with Crippen molar-refractivity contribution in [1.29, 1.82) is 0 Å². The van der Waals surface area contributed by atoms with Crippen LogP contribution < -0.4 is 5.32 Å². The minimum absolute atomic E-state index is 0.175. The summed E-state index contributed by atoms with van der Waals surface area (Å²) in [5.74, 6) is 0.437. The molecule has 3 heteroatoms. The van der Waals surface area contributed by atoms with Gasteiger partial charge in [-0.3, -0.25) is 0 Å². The van der Waals surface area contributed by atoms with E-state index in [1.54, 1.807) is 12.1 Å². The second kappa shape index (κ2) is 3.91. The fraction of sp³-hybridized carbons (Fsp3) is 0.385. The van der Waals surface area contributed by atoms with Gasteiger partial charge in [0.05, 0.1) is 0 Å². The van der Waals surface area contributed by atoms with Crippen LogP contribution in [0.5, 0.6) is 0 Å². The summed E-state index contributed by atoms with van der Waals surface area (Å²) in [4.78, 5) is 3.17. The number of halogens is 1. The maximum atomic E-state index is 13.1. The molecule has 1 aromatic heterocycles. The largest absolute Gasteiger partial charge is 0.361 e. The van der Waals surface area contributed by atoms with Crippen molar-refractivity contribution in [2.24, 2.45) is 0 Å². The molecule has 2 heterocycles. The predicted molar refractivity (Wildman–Crippen MR) is 63.1 cm³/mol. The summed E-state index contributed by atoms with van der Waals surface area (Å²) in [5, 5.41) is 4.54. The van der Waals surface area contributed by atoms with Crippen molar-refractivity contribution < 1.29 is 4.39 Å². The van der Waals surface area contributed by atoms with E-state index >= 15 is 0 Å². The van der Waals surface area contributed by atoms with Crippen molar-refractivity contribution in [1.82, 2.24) is 10.3 Å². The number of nitrogens with one attached hydrogen (secondary N) is 2. The Balaban J connectivity index is 2.03. The Kier molecular flexibility index (Phi) is 2.40. The molecule has 0 unspecified atom stereocenters. The van der Waals surface area contributed by atoms with Gasteiger partial charge >= 0.3 is 0 Å². The number of benzene rings is 1. The smallest absolute Gasteiger partial charge is 0.125 e. The van der Waals surface area contributed by atoms with E-state index in [2.05, 4.69) is 10.3 Å². The first kappa shape index (κ1) is 9.85. The molecule has 1 saturated heterocycles. The van der Waals surface area contributed by atoms with Gasteiger partial charge < -0.3 is 10.3 Å². The van der Waals surface area contributed by atoms with Gasteiger partial charge in [-0.1, -0.05) is 0 Å². The molecule has 0 atom stereocenters. The molecule has 3 rings (SSSR count). The normalized spacial score (nSPS) is 18.1. The van der Waals surface area contributed by atoms with Crippen LogP contribution >= 0.6 is 0 Å². The van der Waals surface area contributed by atoms with Crippen LogP contribution in [0.3, 0.4) is 0 Å². The van der Waals surface area contributed by atoms with Crippen LogP contribution in [0.4, 0.5) is 4.39 Å². The second-order valence-electron chi connectivity index (χ2n) is 4.46. The van der Waals surface area contributed by atoms with Gasteiger partial charge in [0.15, 0.2) is 0 Å². The molecule has 2 aromatic rings. The van der Waals surface area contributed by atoms with Crippen LogP contribution in [0.15, 0.2) is 24.4 Å². The van der Waals surface area contributed by atoms with E-state index in [4.69, 9.17) is 0 Å². The van der Waals surface area contributed by atoms with Gasteiger partial charge in [0, 0.05) is 17.1 Å². The van der Waals surface area contributed by atoms with Crippen molar-refractivity contribution in [3.8, 4) is 0 Å². The van der Waals surface area contributed by atoms with Crippen LogP contribution in [0.25, 0.3) is 10.9 Å². The van der Waals surface area contributed by atoms with Crippen LogP contribution in [-0.2, 0) is 0 Å². The number of H-pyrrole nitrogens is 1. The molecule has 0 aliphatic carbocycles. The third-order valence-electron chi connectivity index (χ3n) is 3.45. The third kappa shape index (κ3) is 1.61. The average molecular weight is 218 g/mol. The molecule has 0 spiro atoms. The summed E-state index contributed by atoms with van der Waals surface area (Å²) < 4.78 is 13.1. The first-order valence-electron chi connectivity index (χ1n) is 5.82. The van der Waals surface area contributed by atoms with E-state index in [0.717, 1.165) is 18.6 Å². The van der Waals surface area contributed by atoms with E-state index in [1.807, 2.05) is 12.3 Å². The fourth-order valence-corrected chi connectivity index (χ4v) is 2.59. The van der Waals surface area contributed by atoms with Crippen molar-refractivity contribution >= 4 is 10.9 Å². The van der Waals surface area contributed by atoms with Crippen LogP contribution in [0.1, 0.15) is 24.3 Å². The standard InChI is InChI=1S/C13H15FN2/c14-10-1-2-11-12(8-16-13(11)7-10)9-3-5-15-6-4-9/h1-2,7-9,15-16H,3-6H2.